The molecule has 0 aliphatic carbocycles. The third kappa shape index (κ3) is 0.760. The molecule has 0 saturated carbocycles. The number of nitrogens with one attached hydrogen (secondary N) is 1. The Balaban J connectivity index is 3.01. The molecule has 0 atom stereocenters. The highest BCUT2D eigenvalue weighted by Crippen LogP contribution is 1.78. The largest absolute Gasteiger partial charge is 0.438 e. The molecule has 0 spiro atoms. The third-order valence-electron chi connectivity index (χ3n) is 0.635. The third-order valence-corrected chi connectivity index (χ3v) is 0.635. The molecule has 1 aromatic heterocycles. The Kier molecular flexibility index (Phi) is 1.13. The van der Waals surface area contributed by atoms with Gasteiger partial charge in [-0.25, -0.2) is 4.79 Å². The lowest BCUT2D eigenvalue weighted by Crippen LogP contribution is -1.96. The summed E-state index contributed by atoms with van der Waals surface area (Å²) in [5.74, 6) is -0.496. The first-order valence-corrected chi connectivity index (χ1v) is 1.98. The molecule has 0 aliphatic heterocycles. The highest BCUT2D eigenvalue weighted by molar-refractivity contribution is 4.71. The van der Waals surface area contributed by atoms with Crippen molar-refractivity contribution < 1.29 is 9.63 Å². The summed E-state index contributed by atoms with van der Waals surface area (Å²) in [6, 6.07) is 0. The van der Waals surface area contributed by atoms with Gasteiger partial charge in [-0.1, -0.05) is 5.16 Å². The molecule has 8 heavy (non-hydrogen) atoms. The van der Waals surface area contributed by atoms with Gasteiger partial charge in [0.25, 0.3) is 0 Å². The van der Waals surface area contributed by atoms with Gasteiger partial charge >= 0.3 is 5.76 Å². The maximum atomic E-state index is 10.1. The van der Waals surface area contributed by atoms with Crippen LogP contribution in [0.3, 0.4) is 0 Å². The number of rotatable bonds is 1. The van der Waals surface area contributed by atoms with Crippen LogP contribution in [-0.4, -0.2) is 15.2 Å². The van der Waals surface area contributed by atoms with E-state index in [1.54, 1.807) is 0 Å². The molecule has 2 N–H and O–H groups in total. The zero-order chi connectivity index (χ0) is 5.98. The van der Waals surface area contributed by atoms with E-state index in [0.29, 0.717) is 0 Å². The van der Waals surface area contributed by atoms with E-state index in [1.165, 1.54) is 0 Å². The van der Waals surface area contributed by atoms with Crippen molar-refractivity contribution >= 4 is 0 Å². The zero-order valence-electron chi connectivity index (χ0n) is 3.92. The first-order chi connectivity index (χ1) is 3.83. The molecule has 5 heteroatoms. The van der Waals surface area contributed by atoms with Gasteiger partial charge in [0.05, 0.1) is 0 Å². The molecule has 1 aromatic rings. The number of aliphatic hydroxyl groups excluding tert-OH is 1. The van der Waals surface area contributed by atoms with Crippen molar-refractivity contribution in [1.29, 1.82) is 0 Å². The fraction of sp³-hybridized carbons (Fsp3) is 0.333. The molecule has 0 unspecified atom stereocenters. The summed E-state index contributed by atoms with van der Waals surface area (Å²) in [6.45, 7) is -0.300. The molecule has 5 nitrogen and oxygen atoms in total. The minimum absolute atomic E-state index is 0.148. The lowest BCUT2D eigenvalue weighted by molar-refractivity contribution is 0.263. The maximum Gasteiger partial charge on any atom is 0.438 e. The van der Waals surface area contributed by atoms with Gasteiger partial charge in [-0.2, -0.15) is 0 Å². The number of aliphatic hydroxyl groups is 1. The van der Waals surface area contributed by atoms with Crippen LogP contribution >= 0.6 is 0 Å². The molecule has 0 radical (unpaired) electrons. The molecule has 44 valence electrons. The second-order valence-electron chi connectivity index (χ2n) is 1.20. The molecular formula is C3H4N2O3. The van der Waals surface area contributed by atoms with Gasteiger partial charge < -0.3 is 5.11 Å². The van der Waals surface area contributed by atoms with Crippen molar-refractivity contribution in [3.8, 4) is 0 Å². The van der Waals surface area contributed by atoms with E-state index < -0.39 is 5.76 Å². The minimum Gasteiger partial charge on any atom is -0.388 e. The second kappa shape index (κ2) is 1.79. The maximum absolute atomic E-state index is 10.1. The number of aromatic nitrogens is 2. The number of hydrogen-bond donors (Lipinski definition) is 2. The molecule has 0 aromatic carbocycles. The van der Waals surface area contributed by atoms with E-state index in [9.17, 15) is 4.79 Å². The van der Waals surface area contributed by atoms with Gasteiger partial charge in [-0.05, 0) is 0 Å². The van der Waals surface area contributed by atoms with Gasteiger partial charge in [0.15, 0.2) is 5.82 Å². The van der Waals surface area contributed by atoms with E-state index in [4.69, 9.17) is 5.11 Å². The molecule has 1 heterocycles. The molecule has 1 rings (SSSR count). The van der Waals surface area contributed by atoms with Gasteiger partial charge in [0, 0.05) is 0 Å². The number of nitrogens with zero attached hydrogens (tertiary/aromatic N) is 1. The Labute approximate surface area is 43.9 Å². The lowest BCUT2D eigenvalue weighted by Gasteiger charge is -1.74. The minimum atomic E-state index is -0.644. The summed E-state index contributed by atoms with van der Waals surface area (Å²) in [7, 11) is 0. The van der Waals surface area contributed by atoms with Crippen LogP contribution in [0.2, 0.25) is 0 Å². The van der Waals surface area contributed by atoms with Crippen LogP contribution < -0.4 is 5.76 Å². The van der Waals surface area contributed by atoms with Crippen LogP contribution in [0, 0.1) is 0 Å². The molecule has 0 saturated heterocycles. The van der Waals surface area contributed by atoms with Crippen LogP contribution in [-0.2, 0) is 6.61 Å². The zero-order valence-corrected chi connectivity index (χ0v) is 3.92. The first-order valence-electron chi connectivity index (χ1n) is 1.98. The normalized spacial score (nSPS) is 9.62. The van der Waals surface area contributed by atoms with Crippen LogP contribution in [0.25, 0.3) is 0 Å². The molecule has 0 bridgehead atoms. The fourth-order valence-electron chi connectivity index (χ4n) is 0.328. The number of hydrogen-bond acceptors (Lipinski definition) is 4. The van der Waals surface area contributed by atoms with Crippen LogP contribution in [0.1, 0.15) is 5.82 Å². The quantitative estimate of drug-likeness (QED) is 0.485. The molecule has 0 amide bonds. The first kappa shape index (κ1) is 5.04. The smallest absolute Gasteiger partial charge is 0.388 e. The summed E-state index contributed by atoms with van der Waals surface area (Å²) in [6.07, 6.45) is 0. The van der Waals surface area contributed by atoms with Crippen LogP contribution in [0.4, 0.5) is 0 Å². The highest BCUT2D eigenvalue weighted by atomic mass is 16.5. The van der Waals surface area contributed by atoms with Crippen molar-refractivity contribution in [3.63, 3.8) is 0 Å². The summed E-state index contributed by atoms with van der Waals surface area (Å²) in [5.41, 5.74) is 0. The highest BCUT2D eigenvalue weighted by Gasteiger charge is 1.93. The Morgan fingerprint density at radius 2 is 2.62 bits per heavy atom. The van der Waals surface area contributed by atoms with Crippen molar-refractivity contribution in [2.24, 2.45) is 0 Å². The summed E-state index contributed by atoms with van der Waals surface area (Å²) < 4.78 is 4.03. The van der Waals surface area contributed by atoms with E-state index in [0.717, 1.165) is 0 Å². The predicted octanol–water partition coefficient (Wildman–Crippen LogP) is -1.14. The molecule has 0 fully saturated rings. The average Bonchev–Trinajstić information content (AvgIpc) is 2.14. The summed E-state index contributed by atoms with van der Waals surface area (Å²) in [5, 5.41) is 11.4. The van der Waals surface area contributed by atoms with Gasteiger partial charge in [-0.3, -0.25) is 9.51 Å². The topological polar surface area (TPSA) is 79.1 Å². The van der Waals surface area contributed by atoms with E-state index >= 15 is 0 Å². The average molecular weight is 116 g/mol. The Bertz CT molecular complexity index is 212. The fourth-order valence-corrected chi connectivity index (χ4v) is 0.328. The monoisotopic (exact) mass is 116 g/mol. The summed E-state index contributed by atoms with van der Waals surface area (Å²) in [4.78, 5) is 12.2. The van der Waals surface area contributed by atoms with Crippen LogP contribution in [0.15, 0.2) is 9.32 Å². The Morgan fingerprint density at radius 1 is 1.88 bits per heavy atom. The van der Waals surface area contributed by atoms with Crippen molar-refractivity contribution in [2.75, 3.05) is 0 Å². The van der Waals surface area contributed by atoms with Gasteiger partial charge in [-0.15, -0.1) is 0 Å². The van der Waals surface area contributed by atoms with Crippen molar-refractivity contribution in [1.82, 2.24) is 10.1 Å². The van der Waals surface area contributed by atoms with Gasteiger partial charge in [0.1, 0.15) is 6.61 Å². The van der Waals surface area contributed by atoms with E-state index in [1.807, 2.05) is 0 Å². The predicted molar refractivity (Wildman–Crippen MR) is 23.0 cm³/mol. The molecule has 0 aliphatic rings. The van der Waals surface area contributed by atoms with Crippen LogP contribution in [0.5, 0.6) is 0 Å². The SMILES string of the molecule is O=c1[nH]c(CO)no1. The Morgan fingerprint density at radius 3 is 2.88 bits per heavy atom. The number of aromatic amines is 1. The van der Waals surface area contributed by atoms with Crippen molar-refractivity contribution in [3.05, 3.63) is 16.4 Å². The second-order valence-corrected chi connectivity index (χ2v) is 1.20. The molecular weight excluding hydrogens is 112 g/mol. The lowest BCUT2D eigenvalue weighted by atomic mass is 10.7. The standard InChI is InChI=1S/C3H4N2O3/c6-1-2-4-3(7)8-5-2/h6H,1H2,(H,4,5,7). The summed E-state index contributed by atoms with van der Waals surface area (Å²) >= 11 is 0. The van der Waals surface area contributed by atoms with Gasteiger partial charge in [0.2, 0.25) is 0 Å². The van der Waals surface area contributed by atoms with Crippen molar-refractivity contribution in [2.45, 2.75) is 6.61 Å². The Hall–Kier alpha value is -1.10. The number of H-pyrrole nitrogens is 1. The van der Waals surface area contributed by atoms with E-state index in [-0.39, 0.29) is 12.4 Å². The van der Waals surface area contributed by atoms with E-state index in [2.05, 4.69) is 14.7 Å².